The standard InChI is InChI=1S/C10H7ClN2O3/c1-16-8-3-2-7-9(10(8)13(14)15)6(11)4-5-12-7/h2-5H,1H3. The third kappa shape index (κ3) is 1.55. The minimum atomic E-state index is -0.519. The molecule has 0 radical (unpaired) electrons. The predicted molar refractivity (Wildman–Crippen MR) is 60.0 cm³/mol. The monoisotopic (exact) mass is 238 g/mol. The normalized spacial score (nSPS) is 10.4. The van der Waals surface area contributed by atoms with Crippen LogP contribution in [0.15, 0.2) is 24.4 Å². The molecule has 0 aliphatic carbocycles. The Morgan fingerprint density at radius 3 is 2.81 bits per heavy atom. The van der Waals surface area contributed by atoms with Crippen molar-refractivity contribution in [1.29, 1.82) is 0 Å². The highest BCUT2D eigenvalue weighted by Crippen LogP contribution is 2.37. The van der Waals surface area contributed by atoms with Crippen molar-refractivity contribution in [2.24, 2.45) is 0 Å². The number of nitro benzene ring substituents is 1. The van der Waals surface area contributed by atoms with Crippen LogP contribution < -0.4 is 4.74 Å². The Morgan fingerprint density at radius 2 is 2.19 bits per heavy atom. The SMILES string of the molecule is COc1ccc2nccc(Cl)c2c1[N+](=O)[O-]. The summed E-state index contributed by atoms with van der Waals surface area (Å²) in [4.78, 5) is 14.5. The molecular weight excluding hydrogens is 232 g/mol. The molecule has 5 nitrogen and oxygen atoms in total. The summed E-state index contributed by atoms with van der Waals surface area (Å²) in [7, 11) is 1.37. The van der Waals surface area contributed by atoms with Crippen molar-refractivity contribution in [1.82, 2.24) is 4.98 Å². The second-order valence-corrected chi connectivity index (χ2v) is 3.47. The molecular formula is C10H7ClN2O3. The van der Waals surface area contributed by atoms with Gasteiger partial charge in [-0.3, -0.25) is 15.1 Å². The molecule has 0 spiro atoms. The van der Waals surface area contributed by atoms with Crippen LogP contribution >= 0.6 is 11.6 Å². The fourth-order valence-electron chi connectivity index (χ4n) is 1.52. The number of halogens is 1. The van der Waals surface area contributed by atoms with Gasteiger partial charge < -0.3 is 4.74 Å². The van der Waals surface area contributed by atoms with E-state index in [2.05, 4.69) is 4.98 Å². The first-order valence-electron chi connectivity index (χ1n) is 4.40. The van der Waals surface area contributed by atoms with E-state index in [1.807, 2.05) is 0 Å². The van der Waals surface area contributed by atoms with Gasteiger partial charge in [0.1, 0.15) is 5.39 Å². The summed E-state index contributed by atoms with van der Waals surface area (Å²) in [6, 6.07) is 4.65. The van der Waals surface area contributed by atoms with Crippen molar-refractivity contribution >= 4 is 28.2 Å². The van der Waals surface area contributed by atoms with E-state index >= 15 is 0 Å². The van der Waals surface area contributed by atoms with E-state index in [9.17, 15) is 10.1 Å². The molecule has 0 bridgehead atoms. The molecule has 0 amide bonds. The van der Waals surface area contributed by atoms with Crippen LogP contribution in [-0.2, 0) is 0 Å². The van der Waals surface area contributed by atoms with Crippen LogP contribution in [-0.4, -0.2) is 17.0 Å². The molecule has 0 saturated carbocycles. The molecule has 16 heavy (non-hydrogen) atoms. The van der Waals surface area contributed by atoms with Gasteiger partial charge in [-0.2, -0.15) is 0 Å². The van der Waals surface area contributed by atoms with E-state index in [0.29, 0.717) is 10.9 Å². The van der Waals surface area contributed by atoms with Gasteiger partial charge in [-0.1, -0.05) is 11.6 Å². The lowest BCUT2D eigenvalue weighted by Crippen LogP contribution is -1.96. The van der Waals surface area contributed by atoms with E-state index < -0.39 is 4.92 Å². The molecule has 1 aromatic carbocycles. The van der Waals surface area contributed by atoms with E-state index in [4.69, 9.17) is 16.3 Å². The third-order valence-corrected chi connectivity index (χ3v) is 2.51. The minimum Gasteiger partial charge on any atom is -0.490 e. The number of benzene rings is 1. The van der Waals surface area contributed by atoms with E-state index in [1.165, 1.54) is 25.4 Å². The van der Waals surface area contributed by atoms with Crippen LogP contribution in [0.2, 0.25) is 5.02 Å². The summed E-state index contributed by atoms with van der Waals surface area (Å²) < 4.78 is 4.94. The number of hydrogen-bond donors (Lipinski definition) is 0. The summed E-state index contributed by atoms with van der Waals surface area (Å²) in [6.45, 7) is 0. The van der Waals surface area contributed by atoms with E-state index in [0.717, 1.165) is 0 Å². The fraction of sp³-hybridized carbons (Fsp3) is 0.100. The van der Waals surface area contributed by atoms with E-state index in [-0.39, 0.29) is 16.5 Å². The first kappa shape index (κ1) is 10.6. The number of pyridine rings is 1. The highest BCUT2D eigenvalue weighted by Gasteiger charge is 2.21. The third-order valence-electron chi connectivity index (χ3n) is 2.19. The summed E-state index contributed by atoms with van der Waals surface area (Å²) >= 11 is 5.94. The van der Waals surface area contributed by atoms with Crippen LogP contribution in [0.5, 0.6) is 5.75 Å². The molecule has 0 N–H and O–H groups in total. The average molecular weight is 239 g/mol. The molecule has 82 valence electrons. The summed E-state index contributed by atoms with van der Waals surface area (Å²) in [5.74, 6) is 0.174. The average Bonchev–Trinajstić information content (AvgIpc) is 2.27. The predicted octanol–water partition coefficient (Wildman–Crippen LogP) is 2.81. The van der Waals surface area contributed by atoms with Gasteiger partial charge in [-0.05, 0) is 18.2 Å². The first-order chi connectivity index (χ1) is 7.65. The van der Waals surface area contributed by atoms with Gasteiger partial charge >= 0.3 is 5.69 Å². The number of nitro groups is 1. The van der Waals surface area contributed by atoms with Crippen molar-refractivity contribution in [3.8, 4) is 5.75 Å². The zero-order chi connectivity index (χ0) is 11.7. The number of fused-ring (bicyclic) bond motifs is 1. The highest BCUT2D eigenvalue weighted by atomic mass is 35.5. The summed E-state index contributed by atoms with van der Waals surface area (Å²) in [5, 5.41) is 11.6. The van der Waals surface area contributed by atoms with Crippen molar-refractivity contribution in [2.75, 3.05) is 7.11 Å². The van der Waals surface area contributed by atoms with Gasteiger partial charge in [0, 0.05) is 6.20 Å². The van der Waals surface area contributed by atoms with Gasteiger partial charge in [-0.25, -0.2) is 0 Å². The van der Waals surface area contributed by atoms with Crippen molar-refractivity contribution in [3.63, 3.8) is 0 Å². The zero-order valence-corrected chi connectivity index (χ0v) is 9.06. The quantitative estimate of drug-likeness (QED) is 0.596. The Bertz CT molecular complexity index is 571. The lowest BCUT2D eigenvalue weighted by Gasteiger charge is -2.05. The number of hydrogen-bond acceptors (Lipinski definition) is 4. The number of ether oxygens (including phenoxy) is 1. The Labute approximate surface area is 95.8 Å². The molecule has 0 saturated heterocycles. The van der Waals surface area contributed by atoms with Crippen molar-refractivity contribution < 1.29 is 9.66 Å². The number of nitrogens with zero attached hydrogens (tertiary/aromatic N) is 2. The molecule has 1 aromatic heterocycles. The molecule has 2 rings (SSSR count). The highest BCUT2D eigenvalue weighted by molar-refractivity contribution is 6.36. The van der Waals surface area contributed by atoms with Gasteiger partial charge in [0.25, 0.3) is 0 Å². The molecule has 1 heterocycles. The Balaban J connectivity index is 2.93. The van der Waals surface area contributed by atoms with Crippen molar-refractivity contribution in [2.45, 2.75) is 0 Å². The largest absolute Gasteiger partial charge is 0.490 e. The molecule has 0 aliphatic rings. The van der Waals surface area contributed by atoms with Gasteiger partial charge in [0.15, 0.2) is 5.75 Å². The van der Waals surface area contributed by atoms with Gasteiger partial charge in [0.05, 0.1) is 22.6 Å². The maximum Gasteiger partial charge on any atom is 0.321 e. The Hall–Kier alpha value is -1.88. The Morgan fingerprint density at radius 1 is 1.44 bits per heavy atom. The van der Waals surface area contributed by atoms with Gasteiger partial charge in [0.2, 0.25) is 0 Å². The smallest absolute Gasteiger partial charge is 0.321 e. The van der Waals surface area contributed by atoms with Crippen LogP contribution in [0.25, 0.3) is 10.9 Å². The second-order valence-electron chi connectivity index (χ2n) is 3.06. The Kier molecular flexibility index (Phi) is 2.62. The van der Waals surface area contributed by atoms with Crippen LogP contribution in [0.4, 0.5) is 5.69 Å². The fourth-order valence-corrected chi connectivity index (χ4v) is 1.76. The number of aromatic nitrogens is 1. The lowest BCUT2D eigenvalue weighted by molar-refractivity contribution is -0.383. The zero-order valence-electron chi connectivity index (χ0n) is 8.31. The van der Waals surface area contributed by atoms with Crippen LogP contribution in [0.1, 0.15) is 0 Å². The molecule has 2 aromatic rings. The topological polar surface area (TPSA) is 65.3 Å². The van der Waals surface area contributed by atoms with Crippen LogP contribution in [0.3, 0.4) is 0 Å². The molecule has 0 fully saturated rings. The number of methoxy groups -OCH3 is 1. The maximum absolute atomic E-state index is 11.0. The molecule has 0 unspecified atom stereocenters. The van der Waals surface area contributed by atoms with Crippen molar-refractivity contribution in [3.05, 3.63) is 39.5 Å². The summed E-state index contributed by atoms with van der Waals surface area (Å²) in [5.41, 5.74) is 0.318. The van der Waals surface area contributed by atoms with E-state index in [1.54, 1.807) is 6.07 Å². The molecule has 6 heteroatoms. The minimum absolute atomic E-state index is 0.155. The summed E-state index contributed by atoms with van der Waals surface area (Å²) in [6.07, 6.45) is 1.50. The first-order valence-corrected chi connectivity index (χ1v) is 4.78. The molecule has 0 atom stereocenters. The van der Waals surface area contributed by atoms with Gasteiger partial charge in [-0.15, -0.1) is 0 Å². The molecule has 0 aliphatic heterocycles. The number of rotatable bonds is 2. The van der Waals surface area contributed by atoms with Crippen LogP contribution in [0, 0.1) is 10.1 Å². The maximum atomic E-state index is 11.0. The lowest BCUT2D eigenvalue weighted by atomic mass is 10.1. The second kappa shape index (κ2) is 3.94.